The fourth-order valence-electron chi connectivity index (χ4n) is 1.94. The van der Waals surface area contributed by atoms with Gasteiger partial charge in [0.15, 0.2) is 0 Å². The van der Waals surface area contributed by atoms with Crippen LogP contribution in [-0.4, -0.2) is 29.8 Å². The molecule has 4 heteroatoms. The van der Waals surface area contributed by atoms with Crippen molar-refractivity contribution in [2.45, 2.75) is 27.3 Å². The van der Waals surface area contributed by atoms with Crippen LogP contribution < -0.4 is 5.32 Å². The first-order chi connectivity index (χ1) is 9.47. The van der Waals surface area contributed by atoms with Crippen LogP contribution in [0.4, 0.5) is 0 Å². The number of carbonyl (C=O) groups is 2. The first-order valence-electron chi connectivity index (χ1n) is 6.72. The molecule has 4 nitrogen and oxygen atoms in total. The summed E-state index contributed by atoms with van der Waals surface area (Å²) < 4.78 is 0. The van der Waals surface area contributed by atoms with Gasteiger partial charge in [0.2, 0.25) is 11.8 Å². The molecule has 0 saturated heterocycles. The molecule has 0 saturated carbocycles. The second-order valence-electron chi connectivity index (χ2n) is 4.76. The minimum Gasteiger partial charge on any atom is -0.350 e. The maximum atomic E-state index is 11.8. The van der Waals surface area contributed by atoms with Crippen molar-refractivity contribution in [1.82, 2.24) is 10.2 Å². The van der Waals surface area contributed by atoms with Crippen molar-refractivity contribution in [1.29, 1.82) is 0 Å². The number of nitrogens with one attached hydrogen (secondary N) is 1. The highest BCUT2D eigenvalue weighted by Gasteiger charge is 2.12. The number of nitrogens with zero attached hydrogens (tertiary/aromatic N) is 1. The molecule has 0 aliphatic rings. The number of rotatable bonds is 6. The van der Waals surface area contributed by atoms with E-state index in [1.54, 1.807) is 0 Å². The SMILES string of the molecule is C=CC(=O)N(CC)CC(=O)NCc1ccc(C)cc1C. The zero-order valence-electron chi connectivity index (χ0n) is 12.4. The van der Waals surface area contributed by atoms with Crippen molar-refractivity contribution < 1.29 is 9.59 Å². The molecule has 0 aromatic heterocycles. The van der Waals surface area contributed by atoms with E-state index in [0.29, 0.717) is 13.1 Å². The Kier molecular flexibility index (Phi) is 5.97. The van der Waals surface area contributed by atoms with Crippen molar-refractivity contribution in [2.75, 3.05) is 13.1 Å². The van der Waals surface area contributed by atoms with Gasteiger partial charge in [-0.05, 0) is 38.0 Å². The van der Waals surface area contributed by atoms with Crippen molar-refractivity contribution in [3.63, 3.8) is 0 Å². The van der Waals surface area contributed by atoms with E-state index < -0.39 is 0 Å². The molecule has 2 amide bonds. The normalized spacial score (nSPS) is 9.95. The first-order valence-corrected chi connectivity index (χ1v) is 6.72. The summed E-state index contributed by atoms with van der Waals surface area (Å²) in [5.74, 6) is -0.392. The van der Waals surface area contributed by atoms with E-state index in [9.17, 15) is 9.59 Å². The third-order valence-electron chi connectivity index (χ3n) is 3.18. The molecular weight excluding hydrogens is 252 g/mol. The van der Waals surface area contributed by atoms with Crippen LogP contribution in [0.15, 0.2) is 30.9 Å². The number of likely N-dealkylation sites (N-methyl/N-ethyl adjacent to an activating group) is 1. The van der Waals surface area contributed by atoms with Gasteiger partial charge in [-0.15, -0.1) is 0 Å². The van der Waals surface area contributed by atoms with E-state index >= 15 is 0 Å². The predicted octanol–water partition coefficient (Wildman–Crippen LogP) is 1.95. The average molecular weight is 274 g/mol. The molecular formula is C16H22N2O2. The molecule has 108 valence electrons. The first kappa shape index (κ1) is 16.0. The highest BCUT2D eigenvalue weighted by atomic mass is 16.2. The van der Waals surface area contributed by atoms with Gasteiger partial charge in [0.1, 0.15) is 0 Å². The van der Waals surface area contributed by atoms with E-state index in [-0.39, 0.29) is 18.4 Å². The monoisotopic (exact) mass is 274 g/mol. The van der Waals surface area contributed by atoms with Crippen molar-refractivity contribution in [3.8, 4) is 0 Å². The second kappa shape index (κ2) is 7.48. The molecule has 0 spiro atoms. The number of hydrogen-bond acceptors (Lipinski definition) is 2. The van der Waals surface area contributed by atoms with Crippen LogP contribution in [0.5, 0.6) is 0 Å². The summed E-state index contributed by atoms with van der Waals surface area (Å²) in [6.07, 6.45) is 1.22. The van der Waals surface area contributed by atoms with Gasteiger partial charge in [0.25, 0.3) is 0 Å². The molecule has 20 heavy (non-hydrogen) atoms. The van der Waals surface area contributed by atoms with Crippen molar-refractivity contribution in [2.24, 2.45) is 0 Å². The number of carbonyl (C=O) groups excluding carboxylic acids is 2. The smallest absolute Gasteiger partial charge is 0.246 e. The van der Waals surface area contributed by atoms with Crippen LogP contribution >= 0.6 is 0 Å². The third kappa shape index (κ3) is 4.53. The standard InChI is InChI=1S/C16H22N2O2/c1-5-16(20)18(6-2)11-15(19)17-10-14-8-7-12(3)9-13(14)4/h5,7-9H,1,6,10-11H2,2-4H3,(H,17,19). The summed E-state index contributed by atoms with van der Waals surface area (Å²) in [5, 5.41) is 2.84. The summed E-state index contributed by atoms with van der Waals surface area (Å²) in [6, 6.07) is 6.12. The van der Waals surface area contributed by atoms with E-state index in [4.69, 9.17) is 0 Å². The molecule has 0 aliphatic carbocycles. The lowest BCUT2D eigenvalue weighted by Crippen LogP contribution is -2.39. The van der Waals surface area contributed by atoms with Gasteiger partial charge >= 0.3 is 0 Å². The Labute approximate surface area is 120 Å². The summed E-state index contributed by atoms with van der Waals surface area (Å²) in [4.78, 5) is 24.8. The van der Waals surface area contributed by atoms with Crippen molar-refractivity contribution >= 4 is 11.8 Å². The molecule has 1 N–H and O–H groups in total. The lowest BCUT2D eigenvalue weighted by Gasteiger charge is -2.18. The van der Waals surface area contributed by atoms with Gasteiger partial charge in [-0.1, -0.05) is 30.3 Å². The fourth-order valence-corrected chi connectivity index (χ4v) is 1.94. The Morgan fingerprint density at radius 3 is 2.60 bits per heavy atom. The minimum absolute atomic E-state index is 0.0618. The maximum absolute atomic E-state index is 11.8. The Morgan fingerprint density at radius 2 is 2.05 bits per heavy atom. The largest absolute Gasteiger partial charge is 0.350 e. The minimum atomic E-state index is -0.228. The lowest BCUT2D eigenvalue weighted by molar-refractivity contribution is -0.132. The van der Waals surface area contributed by atoms with Gasteiger partial charge in [0, 0.05) is 13.1 Å². The lowest BCUT2D eigenvalue weighted by atomic mass is 10.1. The van der Waals surface area contributed by atoms with Crippen LogP contribution in [0.3, 0.4) is 0 Å². The van der Waals surface area contributed by atoms with Gasteiger partial charge in [0.05, 0.1) is 6.54 Å². The molecule has 0 radical (unpaired) electrons. The van der Waals surface area contributed by atoms with Crippen LogP contribution in [0.2, 0.25) is 0 Å². The third-order valence-corrected chi connectivity index (χ3v) is 3.18. The van der Waals surface area contributed by atoms with Gasteiger partial charge in [-0.3, -0.25) is 9.59 Å². The maximum Gasteiger partial charge on any atom is 0.246 e. The number of benzene rings is 1. The molecule has 0 aliphatic heterocycles. The molecule has 0 fully saturated rings. The average Bonchev–Trinajstić information content (AvgIpc) is 2.43. The summed E-state index contributed by atoms with van der Waals surface area (Å²) >= 11 is 0. The van der Waals surface area contributed by atoms with Crippen LogP contribution in [0.1, 0.15) is 23.6 Å². The molecule has 0 bridgehead atoms. The van der Waals surface area contributed by atoms with E-state index in [0.717, 1.165) is 11.1 Å². The number of hydrogen-bond donors (Lipinski definition) is 1. The molecule has 1 aromatic rings. The molecule has 1 aromatic carbocycles. The van der Waals surface area contributed by atoms with Crippen LogP contribution in [0.25, 0.3) is 0 Å². The molecule has 1 rings (SSSR count). The second-order valence-corrected chi connectivity index (χ2v) is 4.76. The Morgan fingerprint density at radius 1 is 1.35 bits per heavy atom. The molecule has 0 atom stereocenters. The Hall–Kier alpha value is -2.10. The summed E-state index contributed by atoms with van der Waals surface area (Å²) in [5.41, 5.74) is 3.44. The zero-order chi connectivity index (χ0) is 15.1. The fraction of sp³-hybridized carbons (Fsp3) is 0.375. The molecule has 0 unspecified atom stereocenters. The topological polar surface area (TPSA) is 49.4 Å². The van der Waals surface area contributed by atoms with E-state index in [1.807, 2.05) is 32.9 Å². The van der Waals surface area contributed by atoms with E-state index in [2.05, 4.69) is 18.0 Å². The number of amides is 2. The number of aryl methyl sites for hydroxylation is 2. The molecule has 0 heterocycles. The van der Waals surface area contributed by atoms with Gasteiger partial charge < -0.3 is 10.2 Å². The van der Waals surface area contributed by atoms with Crippen LogP contribution in [-0.2, 0) is 16.1 Å². The predicted molar refractivity (Wildman–Crippen MR) is 80.2 cm³/mol. The van der Waals surface area contributed by atoms with Gasteiger partial charge in [-0.2, -0.15) is 0 Å². The van der Waals surface area contributed by atoms with Crippen molar-refractivity contribution in [3.05, 3.63) is 47.5 Å². The highest BCUT2D eigenvalue weighted by molar-refractivity contribution is 5.90. The summed E-state index contributed by atoms with van der Waals surface area (Å²) in [7, 11) is 0. The Balaban J connectivity index is 2.54. The Bertz CT molecular complexity index is 509. The zero-order valence-corrected chi connectivity index (χ0v) is 12.4. The quantitative estimate of drug-likeness (QED) is 0.806. The van der Waals surface area contributed by atoms with Gasteiger partial charge in [-0.25, -0.2) is 0 Å². The highest BCUT2D eigenvalue weighted by Crippen LogP contribution is 2.09. The summed E-state index contributed by atoms with van der Waals surface area (Å²) in [6.45, 7) is 10.3. The van der Waals surface area contributed by atoms with Crippen LogP contribution in [0, 0.1) is 13.8 Å². The van der Waals surface area contributed by atoms with E-state index in [1.165, 1.54) is 16.5 Å².